The lowest BCUT2D eigenvalue weighted by atomic mass is 10.1. The van der Waals surface area contributed by atoms with Gasteiger partial charge in [-0.1, -0.05) is 18.2 Å². The quantitative estimate of drug-likeness (QED) is 0.678. The molecule has 0 saturated carbocycles. The molecule has 2 aromatic rings. The molecule has 1 aromatic heterocycles. The molecule has 2 N–H and O–H groups in total. The Hall–Kier alpha value is -1.79. The predicted molar refractivity (Wildman–Crippen MR) is 70.6 cm³/mol. The van der Waals surface area contributed by atoms with Crippen molar-refractivity contribution in [1.82, 2.24) is 4.98 Å². The molecule has 1 aromatic carbocycles. The van der Waals surface area contributed by atoms with E-state index in [1.807, 2.05) is 13.0 Å². The van der Waals surface area contributed by atoms with Crippen LogP contribution in [-0.4, -0.2) is 9.91 Å². The van der Waals surface area contributed by atoms with Crippen LogP contribution in [0.4, 0.5) is 5.69 Å². The van der Waals surface area contributed by atoms with E-state index in [4.69, 9.17) is 5.73 Å². The highest BCUT2D eigenvalue weighted by molar-refractivity contribution is 7.11. The van der Waals surface area contributed by atoms with Crippen LogP contribution in [0.25, 0.3) is 0 Å². The van der Waals surface area contributed by atoms with E-state index >= 15 is 0 Å². The molecule has 0 atom stereocenters. The fourth-order valence-corrected chi connectivity index (χ4v) is 2.72. The van der Waals surface area contributed by atoms with Crippen molar-refractivity contribution in [3.63, 3.8) is 0 Å². The molecule has 0 bridgehead atoms. The Morgan fingerprint density at radius 2 is 2.17 bits per heavy atom. The normalized spacial score (nSPS) is 10.6. The summed E-state index contributed by atoms with van der Waals surface area (Å²) in [4.78, 5) is 15.9. The first-order valence-electron chi connectivity index (χ1n) is 5.49. The molecule has 18 heavy (non-hydrogen) atoms. The van der Waals surface area contributed by atoms with Crippen LogP contribution in [0.3, 0.4) is 0 Å². The summed E-state index contributed by atoms with van der Waals surface area (Å²) in [5, 5.41) is 11.8. The van der Waals surface area contributed by atoms with Gasteiger partial charge in [0.15, 0.2) is 0 Å². The molecule has 6 heteroatoms. The molecule has 94 valence electrons. The van der Waals surface area contributed by atoms with Gasteiger partial charge in [0, 0.05) is 29.5 Å². The summed E-state index contributed by atoms with van der Waals surface area (Å²) in [5.74, 6) is 0. The third-order valence-electron chi connectivity index (χ3n) is 2.65. The van der Waals surface area contributed by atoms with Gasteiger partial charge in [0.05, 0.1) is 10.6 Å². The minimum atomic E-state index is -0.352. The highest BCUT2D eigenvalue weighted by Gasteiger charge is 2.15. The van der Waals surface area contributed by atoms with Gasteiger partial charge in [0.1, 0.15) is 5.01 Å². The zero-order valence-corrected chi connectivity index (χ0v) is 10.7. The maximum atomic E-state index is 10.9. The minimum absolute atomic E-state index is 0.152. The number of aryl methyl sites for hydroxylation is 1. The maximum Gasteiger partial charge on any atom is 0.272 e. The lowest BCUT2D eigenvalue weighted by molar-refractivity contribution is -0.385. The third kappa shape index (κ3) is 2.55. The SMILES string of the molecule is Cc1nc(CN)sc1Cc1ccccc1[N+](=O)[O-]. The standard InChI is InChI=1S/C12H13N3O2S/c1-8-11(18-12(7-13)14-8)6-9-4-2-3-5-10(9)15(16)17/h2-5H,6-7,13H2,1H3. The first-order chi connectivity index (χ1) is 8.61. The molecule has 0 unspecified atom stereocenters. The van der Waals surface area contributed by atoms with Crippen molar-refractivity contribution in [3.05, 3.63) is 55.5 Å². The van der Waals surface area contributed by atoms with Crippen LogP contribution in [0, 0.1) is 17.0 Å². The molecular weight excluding hydrogens is 250 g/mol. The zero-order valence-electron chi connectivity index (χ0n) is 9.92. The van der Waals surface area contributed by atoms with Gasteiger partial charge in [-0.3, -0.25) is 10.1 Å². The van der Waals surface area contributed by atoms with Crippen LogP contribution >= 0.6 is 11.3 Å². The Kier molecular flexibility index (Phi) is 3.69. The van der Waals surface area contributed by atoms with Crippen molar-refractivity contribution in [2.75, 3.05) is 0 Å². The monoisotopic (exact) mass is 263 g/mol. The zero-order chi connectivity index (χ0) is 13.1. The van der Waals surface area contributed by atoms with Crippen LogP contribution < -0.4 is 5.73 Å². The van der Waals surface area contributed by atoms with Crippen molar-refractivity contribution in [1.29, 1.82) is 0 Å². The first kappa shape index (κ1) is 12.7. The van der Waals surface area contributed by atoms with Gasteiger partial charge in [-0.25, -0.2) is 4.98 Å². The fourth-order valence-electron chi connectivity index (χ4n) is 1.75. The van der Waals surface area contributed by atoms with E-state index in [2.05, 4.69) is 4.98 Å². The summed E-state index contributed by atoms with van der Waals surface area (Å²) < 4.78 is 0. The lowest BCUT2D eigenvalue weighted by Gasteiger charge is -2.01. The van der Waals surface area contributed by atoms with Crippen LogP contribution in [0.5, 0.6) is 0 Å². The average molecular weight is 263 g/mol. The smallest absolute Gasteiger partial charge is 0.272 e. The average Bonchev–Trinajstić information content (AvgIpc) is 2.71. The molecule has 0 amide bonds. The van der Waals surface area contributed by atoms with Gasteiger partial charge in [-0.05, 0) is 6.92 Å². The Balaban J connectivity index is 2.33. The van der Waals surface area contributed by atoms with Crippen molar-refractivity contribution in [3.8, 4) is 0 Å². The number of nitro groups is 1. The van der Waals surface area contributed by atoms with E-state index in [-0.39, 0.29) is 10.6 Å². The number of rotatable bonds is 4. The Bertz CT molecular complexity index is 580. The molecule has 0 saturated heterocycles. The van der Waals surface area contributed by atoms with E-state index in [1.165, 1.54) is 17.4 Å². The van der Waals surface area contributed by atoms with Crippen molar-refractivity contribution >= 4 is 17.0 Å². The van der Waals surface area contributed by atoms with Gasteiger partial charge in [0.25, 0.3) is 5.69 Å². The number of aromatic nitrogens is 1. The number of hydrogen-bond acceptors (Lipinski definition) is 5. The molecule has 0 fully saturated rings. The number of para-hydroxylation sites is 1. The second kappa shape index (κ2) is 5.24. The van der Waals surface area contributed by atoms with Gasteiger partial charge in [-0.2, -0.15) is 0 Å². The Morgan fingerprint density at radius 3 is 2.78 bits per heavy atom. The summed E-state index contributed by atoms with van der Waals surface area (Å²) in [6, 6.07) is 6.78. The second-order valence-electron chi connectivity index (χ2n) is 3.88. The summed E-state index contributed by atoms with van der Waals surface area (Å²) in [7, 11) is 0. The van der Waals surface area contributed by atoms with Gasteiger partial charge in [0.2, 0.25) is 0 Å². The molecule has 2 rings (SSSR count). The number of nitrogens with two attached hydrogens (primary N) is 1. The van der Waals surface area contributed by atoms with E-state index in [0.29, 0.717) is 18.5 Å². The lowest BCUT2D eigenvalue weighted by Crippen LogP contribution is -1.96. The molecule has 0 spiro atoms. The third-order valence-corrected chi connectivity index (χ3v) is 3.83. The van der Waals surface area contributed by atoms with Crippen molar-refractivity contribution in [2.24, 2.45) is 5.73 Å². The molecule has 0 aliphatic carbocycles. The molecule has 0 aliphatic heterocycles. The highest BCUT2D eigenvalue weighted by Crippen LogP contribution is 2.26. The van der Waals surface area contributed by atoms with Crippen LogP contribution in [0.2, 0.25) is 0 Å². The van der Waals surface area contributed by atoms with E-state index in [1.54, 1.807) is 12.1 Å². The number of hydrogen-bond donors (Lipinski definition) is 1. The Labute approximate surface area is 108 Å². The molecule has 0 aliphatic rings. The summed E-state index contributed by atoms with van der Waals surface area (Å²) >= 11 is 1.52. The fraction of sp³-hybridized carbons (Fsp3) is 0.250. The van der Waals surface area contributed by atoms with Gasteiger partial charge >= 0.3 is 0 Å². The van der Waals surface area contributed by atoms with Gasteiger partial charge in [-0.15, -0.1) is 11.3 Å². The molecular formula is C12H13N3O2S. The van der Waals surface area contributed by atoms with Gasteiger partial charge < -0.3 is 5.73 Å². The van der Waals surface area contributed by atoms with Crippen molar-refractivity contribution in [2.45, 2.75) is 19.9 Å². The predicted octanol–water partition coefficient (Wildman–Crippen LogP) is 2.41. The summed E-state index contributed by atoms with van der Waals surface area (Å²) in [6.45, 7) is 2.31. The number of benzene rings is 1. The molecule has 1 heterocycles. The highest BCUT2D eigenvalue weighted by atomic mass is 32.1. The molecule has 0 radical (unpaired) electrons. The van der Waals surface area contributed by atoms with Crippen LogP contribution in [-0.2, 0) is 13.0 Å². The topological polar surface area (TPSA) is 82.0 Å². The number of thiazole rings is 1. The van der Waals surface area contributed by atoms with Crippen molar-refractivity contribution < 1.29 is 4.92 Å². The minimum Gasteiger partial charge on any atom is -0.325 e. The first-order valence-corrected chi connectivity index (χ1v) is 6.31. The molecule has 5 nitrogen and oxygen atoms in total. The summed E-state index contributed by atoms with van der Waals surface area (Å²) in [5.41, 5.74) is 7.30. The maximum absolute atomic E-state index is 10.9. The van der Waals surface area contributed by atoms with E-state index in [0.717, 1.165) is 15.6 Å². The Morgan fingerprint density at radius 1 is 1.44 bits per heavy atom. The van der Waals surface area contributed by atoms with Crippen LogP contribution in [0.15, 0.2) is 24.3 Å². The second-order valence-corrected chi connectivity index (χ2v) is 5.05. The van der Waals surface area contributed by atoms with Crippen LogP contribution in [0.1, 0.15) is 21.1 Å². The number of nitro benzene ring substituents is 1. The largest absolute Gasteiger partial charge is 0.325 e. The summed E-state index contributed by atoms with van der Waals surface area (Å²) in [6.07, 6.45) is 0.528. The van der Waals surface area contributed by atoms with E-state index in [9.17, 15) is 10.1 Å². The number of nitrogens with zero attached hydrogens (tertiary/aromatic N) is 2. The van der Waals surface area contributed by atoms with E-state index < -0.39 is 0 Å².